The van der Waals surface area contributed by atoms with Crippen LogP contribution in [0.2, 0.25) is 0 Å². The van der Waals surface area contributed by atoms with E-state index in [4.69, 9.17) is 10.7 Å². The molecule has 0 spiro atoms. The van der Waals surface area contributed by atoms with Crippen molar-refractivity contribution in [2.75, 3.05) is 0 Å². The van der Waals surface area contributed by atoms with E-state index >= 15 is 0 Å². The minimum atomic E-state index is -3.28. The summed E-state index contributed by atoms with van der Waals surface area (Å²) in [5, 5.41) is -0.413. The molecule has 0 N–H and O–H groups in total. The number of rotatable bonds is 2. The van der Waals surface area contributed by atoms with Gasteiger partial charge in [0.05, 0.1) is 5.25 Å². The average Bonchev–Trinajstić information content (AvgIpc) is 1.62. The maximum Gasteiger partial charge on any atom is 0.235 e. The lowest BCUT2D eigenvalue weighted by molar-refractivity contribution is 0.595. The first-order valence-corrected chi connectivity index (χ1v) is 4.79. The van der Waals surface area contributed by atoms with Crippen molar-refractivity contribution in [1.29, 1.82) is 0 Å². The third-order valence-corrected chi connectivity index (χ3v) is 3.26. The Labute approximate surface area is 54.3 Å². The van der Waals surface area contributed by atoms with E-state index in [1.165, 1.54) is 0 Å². The molecule has 0 saturated heterocycles. The molecule has 0 aliphatic heterocycles. The quantitative estimate of drug-likeness (QED) is 0.566. The lowest BCUT2D eigenvalue weighted by atomic mass is 10.4. The topological polar surface area (TPSA) is 34.1 Å². The van der Waals surface area contributed by atoms with Gasteiger partial charge in [0.15, 0.2) is 0 Å². The van der Waals surface area contributed by atoms with Crippen LogP contribution in [0, 0.1) is 0 Å². The Hall–Kier alpha value is 0.240. The van der Waals surface area contributed by atoms with Crippen LogP contribution in [-0.4, -0.2) is 13.7 Å². The summed E-state index contributed by atoms with van der Waals surface area (Å²) in [6, 6.07) is 0. The van der Waals surface area contributed by atoms with Crippen LogP contribution in [0.25, 0.3) is 0 Å². The normalized spacial score (nSPS) is 15.9. The summed E-state index contributed by atoms with van der Waals surface area (Å²) >= 11 is 0. The van der Waals surface area contributed by atoms with Crippen molar-refractivity contribution in [3.63, 3.8) is 0 Å². The molecule has 0 radical (unpaired) electrons. The van der Waals surface area contributed by atoms with E-state index in [-0.39, 0.29) is 0 Å². The fourth-order valence-electron chi connectivity index (χ4n) is 0.199. The van der Waals surface area contributed by atoms with Crippen molar-refractivity contribution >= 4 is 19.7 Å². The van der Waals surface area contributed by atoms with Gasteiger partial charge in [0.2, 0.25) is 9.05 Å². The Morgan fingerprint density at radius 1 is 1.62 bits per heavy atom. The Morgan fingerprint density at radius 2 is 2.00 bits per heavy atom. The van der Waals surface area contributed by atoms with Gasteiger partial charge in [-0.15, -0.1) is 0 Å². The third kappa shape index (κ3) is 2.52. The lowest BCUT2D eigenvalue weighted by Gasteiger charge is -1.99. The highest BCUT2D eigenvalue weighted by molar-refractivity contribution is 8.14. The second-order valence-electron chi connectivity index (χ2n) is 1.69. The number of halogens is 1. The van der Waals surface area contributed by atoms with Gasteiger partial charge < -0.3 is 0 Å². The molecule has 2 nitrogen and oxygen atoms in total. The summed E-state index contributed by atoms with van der Waals surface area (Å²) in [7, 11) is 1.68. The van der Waals surface area contributed by atoms with Gasteiger partial charge in [-0.2, -0.15) is 0 Å². The molecule has 0 unspecified atom stereocenters. The van der Waals surface area contributed by atoms with Crippen LogP contribution < -0.4 is 0 Å². The smallest absolute Gasteiger partial charge is 0.212 e. The fourth-order valence-corrected chi connectivity index (χ4v) is 0.975. The maximum atomic E-state index is 10.3. The van der Waals surface area contributed by atoms with E-state index in [1.807, 2.05) is 0 Å². The van der Waals surface area contributed by atoms with Gasteiger partial charge in [-0.05, 0) is 13.3 Å². The predicted octanol–water partition coefficient (Wildman–Crippen LogP) is 1.35. The van der Waals surface area contributed by atoms with Crippen LogP contribution in [0.15, 0.2) is 0 Å². The Balaban J connectivity index is 4.04. The molecular formula is C4H9ClO2S. The van der Waals surface area contributed by atoms with Crippen LogP contribution in [0.1, 0.15) is 20.3 Å². The average molecular weight is 157 g/mol. The van der Waals surface area contributed by atoms with E-state index in [0.29, 0.717) is 6.42 Å². The van der Waals surface area contributed by atoms with Gasteiger partial charge in [-0.25, -0.2) is 8.42 Å². The summed E-state index contributed by atoms with van der Waals surface area (Å²) in [6.07, 6.45) is 0.575. The summed E-state index contributed by atoms with van der Waals surface area (Å²) < 4.78 is 20.7. The van der Waals surface area contributed by atoms with E-state index in [9.17, 15) is 8.42 Å². The van der Waals surface area contributed by atoms with Crippen LogP contribution in [-0.2, 0) is 9.05 Å². The minimum Gasteiger partial charge on any atom is -0.212 e. The van der Waals surface area contributed by atoms with Gasteiger partial charge in [0, 0.05) is 10.7 Å². The molecule has 8 heavy (non-hydrogen) atoms. The largest absolute Gasteiger partial charge is 0.235 e. The van der Waals surface area contributed by atoms with Crippen molar-refractivity contribution in [3.05, 3.63) is 0 Å². The van der Waals surface area contributed by atoms with Gasteiger partial charge in [-0.1, -0.05) is 6.92 Å². The van der Waals surface area contributed by atoms with Crippen molar-refractivity contribution in [1.82, 2.24) is 0 Å². The molecule has 1 atom stereocenters. The molecule has 0 saturated carbocycles. The van der Waals surface area contributed by atoms with E-state index in [1.54, 1.807) is 13.8 Å². The molecule has 0 aromatic rings. The van der Waals surface area contributed by atoms with Crippen molar-refractivity contribution < 1.29 is 8.42 Å². The molecule has 0 heterocycles. The molecule has 0 aromatic carbocycles. The van der Waals surface area contributed by atoms with Crippen LogP contribution in [0.5, 0.6) is 0 Å². The summed E-state index contributed by atoms with van der Waals surface area (Å²) in [5.74, 6) is 0. The molecule has 50 valence electrons. The van der Waals surface area contributed by atoms with Crippen molar-refractivity contribution in [2.24, 2.45) is 0 Å². The van der Waals surface area contributed by atoms with Crippen molar-refractivity contribution in [2.45, 2.75) is 25.5 Å². The van der Waals surface area contributed by atoms with Crippen LogP contribution >= 0.6 is 10.7 Å². The molecule has 0 aliphatic rings. The molecule has 0 aromatic heterocycles. The van der Waals surface area contributed by atoms with Gasteiger partial charge in [-0.3, -0.25) is 0 Å². The Kier molecular flexibility index (Phi) is 2.77. The van der Waals surface area contributed by atoms with Crippen LogP contribution in [0.4, 0.5) is 0 Å². The van der Waals surface area contributed by atoms with E-state index in [2.05, 4.69) is 0 Å². The third-order valence-electron chi connectivity index (χ3n) is 1.06. The molecule has 0 bridgehead atoms. The molecular weight excluding hydrogens is 148 g/mol. The first-order chi connectivity index (χ1) is 3.48. The molecule has 0 amide bonds. The minimum absolute atomic E-state index is 0.413. The Bertz CT molecular complexity index is 149. The van der Waals surface area contributed by atoms with Gasteiger partial charge >= 0.3 is 0 Å². The summed E-state index contributed by atoms with van der Waals surface area (Å²) in [6.45, 7) is 3.37. The first-order valence-electron chi connectivity index (χ1n) is 2.42. The zero-order chi connectivity index (χ0) is 6.78. The van der Waals surface area contributed by atoms with E-state index < -0.39 is 14.3 Å². The fraction of sp³-hybridized carbons (Fsp3) is 1.00. The lowest BCUT2D eigenvalue weighted by Crippen LogP contribution is -2.08. The zero-order valence-electron chi connectivity index (χ0n) is 4.89. The predicted molar refractivity (Wildman–Crippen MR) is 34.5 cm³/mol. The second-order valence-corrected chi connectivity index (χ2v) is 4.74. The maximum absolute atomic E-state index is 10.3. The SMILES string of the molecule is CC[C@@H](C)S(=O)(=O)Cl. The first kappa shape index (κ1) is 8.24. The molecule has 0 aliphatic carbocycles. The molecule has 0 fully saturated rings. The van der Waals surface area contributed by atoms with Crippen molar-refractivity contribution in [3.8, 4) is 0 Å². The summed E-state index contributed by atoms with van der Waals surface area (Å²) in [5.41, 5.74) is 0. The molecule has 4 heteroatoms. The highest BCUT2D eigenvalue weighted by Crippen LogP contribution is 2.08. The standard InChI is InChI=1S/C4H9ClO2S/c1-3-4(2)8(5,6)7/h4H,3H2,1-2H3/t4-/m1/s1. The number of hydrogen-bond acceptors (Lipinski definition) is 2. The molecule has 0 rings (SSSR count). The Morgan fingerprint density at radius 3 is 2.00 bits per heavy atom. The van der Waals surface area contributed by atoms with Gasteiger partial charge in [0.25, 0.3) is 0 Å². The second kappa shape index (κ2) is 2.69. The highest BCUT2D eigenvalue weighted by atomic mass is 35.7. The van der Waals surface area contributed by atoms with Crippen LogP contribution in [0.3, 0.4) is 0 Å². The highest BCUT2D eigenvalue weighted by Gasteiger charge is 2.13. The number of hydrogen-bond donors (Lipinski definition) is 0. The van der Waals surface area contributed by atoms with E-state index in [0.717, 1.165) is 0 Å². The summed E-state index contributed by atoms with van der Waals surface area (Å²) in [4.78, 5) is 0. The zero-order valence-corrected chi connectivity index (χ0v) is 6.46. The van der Waals surface area contributed by atoms with Gasteiger partial charge in [0.1, 0.15) is 0 Å². The monoisotopic (exact) mass is 156 g/mol.